The molecule has 0 amide bonds. The molecular formula is C12H21N5O. The van der Waals surface area contributed by atoms with Crippen LogP contribution in [-0.2, 0) is 18.3 Å². The molecule has 0 radical (unpaired) electrons. The lowest BCUT2D eigenvalue weighted by Crippen LogP contribution is -2.46. The summed E-state index contributed by atoms with van der Waals surface area (Å²) in [6, 6.07) is 0. The molecule has 0 aromatic carbocycles. The molecule has 1 aromatic heterocycles. The van der Waals surface area contributed by atoms with Crippen molar-refractivity contribution in [2.45, 2.75) is 50.5 Å². The van der Waals surface area contributed by atoms with Crippen LogP contribution in [-0.4, -0.2) is 38.6 Å². The number of aryl methyl sites for hydroxylation is 1. The highest BCUT2D eigenvalue weighted by Gasteiger charge is 2.32. The minimum absolute atomic E-state index is 0.00244. The zero-order chi connectivity index (χ0) is 13.0. The topological polar surface area (TPSA) is 72.7 Å². The fraction of sp³-hybridized carbons (Fsp3) is 0.833. The molecule has 1 saturated carbocycles. The van der Waals surface area contributed by atoms with Gasteiger partial charge in [-0.1, -0.05) is 19.3 Å². The molecular weight excluding hydrogens is 230 g/mol. The van der Waals surface area contributed by atoms with Crippen LogP contribution in [0.3, 0.4) is 0 Å². The third-order valence-corrected chi connectivity index (χ3v) is 3.78. The zero-order valence-electron chi connectivity index (χ0n) is 11.1. The number of carbonyl (C=O) groups is 1. The quantitative estimate of drug-likeness (QED) is 0.831. The first-order valence-corrected chi connectivity index (χ1v) is 6.57. The van der Waals surface area contributed by atoms with Crippen molar-refractivity contribution in [3.63, 3.8) is 0 Å². The molecule has 1 aliphatic rings. The monoisotopic (exact) mass is 251 g/mol. The summed E-state index contributed by atoms with van der Waals surface area (Å²) in [5.74, 6) is 0.712. The summed E-state index contributed by atoms with van der Waals surface area (Å²) in [6.45, 7) is 0. The first-order valence-electron chi connectivity index (χ1n) is 6.57. The lowest BCUT2D eigenvalue weighted by molar-refractivity contribution is -0.120. The number of hydrogen-bond acceptors (Lipinski definition) is 5. The molecule has 0 atom stereocenters. The van der Waals surface area contributed by atoms with Gasteiger partial charge in [-0.2, -0.15) is 4.80 Å². The number of ketones is 1. The molecule has 18 heavy (non-hydrogen) atoms. The van der Waals surface area contributed by atoms with Gasteiger partial charge in [-0.15, -0.1) is 10.2 Å². The van der Waals surface area contributed by atoms with Crippen LogP contribution in [0.1, 0.15) is 44.3 Å². The van der Waals surface area contributed by atoms with Gasteiger partial charge in [0, 0.05) is 12.0 Å². The highest BCUT2D eigenvalue weighted by atomic mass is 16.1. The van der Waals surface area contributed by atoms with E-state index in [0.29, 0.717) is 12.2 Å². The van der Waals surface area contributed by atoms with Crippen molar-refractivity contribution in [2.75, 3.05) is 7.05 Å². The molecule has 1 N–H and O–H groups in total. The van der Waals surface area contributed by atoms with Crippen LogP contribution in [0.2, 0.25) is 0 Å². The predicted molar refractivity (Wildman–Crippen MR) is 67.0 cm³/mol. The van der Waals surface area contributed by atoms with Crippen molar-refractivity contribution in [3.05, 3.63) is 5.82 Å². The molecule has 0 unspecified atom stereocenters. The number of hydrogen-bond donors (Lipinski definition) is 1. The Morgan fingerprint density at radius 1 is 1.39 bits per heavy atom. The van der Waals surface area contributed by atoms with E-state index in [1.807, 2.05) is 7.05 Å². The van der Waals surface area contributed by atoms with Crippen molar-refractivity contribution < 1.29 is 4.79 Å². The summed E-state index contributed by atoms with van der Waals surface area (Å²) >= 11 is 0. The van der Waals surface area contributed by atoms with E-state index in [4.69, 9.17) is 0 Å². The number of carbonyl (C=O) groups excluding carboxylic acids is 1. The Balaban J connectivity index is 1.93. The smallest absolute Gasteiger partial charge is 0.182 e. The molecule has 1 aliphatic carbocycles. The number of tetrazole rings is 1. The van der Waals surface area contributed by atoms with Crippen LogP contribution < -0.4 is 5.32 Å². The Hall–Kier alpha value is -1.30. The van der Waals surface area contributed by atoms with Gasteiger partial charge in [0.25, 0.3) is 0 Å². The number of nitrogens with one attached hydrogen (secondary N) is 1. The van der Waals surface area contributed by atoms with E-state index in [1.54, 1.807) is 7.05 Å². The lowest BCUT2D eigenvalue weighted by atomic mass is 9.78. The maximum absolute atomic E-state index is 12.1. The third kappa shape index (κ3) is 3.13. The van der Waals surface area contributed by atoms with Gasteiger partial charge in [-0.25, -0.2) is 0 Å². The Morgan fingerprint density at radius 3 is 2.67 bits per heavy atom. The Kier molecular flexibility index (Phi) is 4.06. The maximum Gasteiger partial charge on any atom is 0.182 e. The van der Waals surface area contributed by atoms with E-state index >= 15 is 0 Å². The largest absolute Gasteiger partial charge is 0.314 e. The fourth-order valence-electron chi connectivity index (χ4n) is 2.75. The van der Waals surface area contributed by atoms with Crippen molar-refractivity contribution in [1.82, 2.24) is 25.5 Å². The minimum atomic E-state index is -0.00244. The van der Waals surface area contributed by atoms with Gasteiger partial charge in [0.15, 0.2) is 5.82 Å². The van der Waals surface area contributed by atoms with Crippen molar-refractivity contribution >= 4 is 5.78 Å². The molecule has 2 rings (SSSR count). The third-order valence-electron chi connectivity index (χ3n) is 3.78. The van der Waals surface area contributed by atoms with Gasteiger partial charge in [0.1, 0.15) is 5.78 Å². The van der Waals surface area contributed by atoms with Gasteiger partial charge < -0.3 is 5.32 Å². The van der Waals surface area contributed by atoms with E-state index in [-0.39, 0.29) is 17.7 Å². The predicted octanol–water partition coefficient (Wildman–Crippen LogP) is 0.634. The second-order valence-corrected chi connectivity index (χ2v) is 5.18. The van der Waals surface area contributed by atoms with E-state index in [9.17, 15) is 4.79 Å². The normalized spacial score (nSPS) is 18.8. The highest BCUT2D eigenvalue weighted by molar-refractivity contribution is 5.81. The van der Waals surface area contributed by atoms with Gasteiger partial charge in [0.2, 0.25) is 0 Å². The minimum Gasteiger partial charge on any atom is -0.314 e. The molecule has 100 valence electrons. The first kappa shape index (κ1) is 13.1. The highest BCUT2D eigenvalue weighted by Crippen LogP contribution is 2.31. The van der Waals surface area contributed by atoms with Gasteiger partial charge >= 0.3 is 0 Å². The molecule has 0 aliphatic heterocycles. The Bertz CT molecular complexity index is 408. The van der Waals surface area contributed by atoms with Crippen LogP contribution in [0.4, 0.5) is 0 Å². The van der Waals surface area contributed by atoms with Crippen LogP contribution in [0, 0.1) is 0 Å². The van der Waals surface area contributed by atoms with Crippen molar-refractivity contribution in [3.8, 4) is 0 Å². The van der Waals surface area contributed by atoms with Gasteiger partial charge in [0.05, 0.1) is 13.5 Å². The lowest BCUT2D eigenvalue weighted by Gasteiger charge is -2.36. The van der Waals surface area contributed by atoms with Gasteiger partial charge in [-0.3, -0.25) is 4.79 Å². The summed E-state index contributed by atoms with van der Waals surface area (Å²) < 4.78 is 0. The zero-order valence-corrected chi connectivity index (χ0v) is 11.1. The number of Topliss-reactive ketones (excluding diaryl/α,β-unsaturated/α-hetero) is 1. The van der Waals surface area contributed by atoms with E-state index in [0.717, 1.165) is 12.8 Å². The van der Waals surface area contributed by atoms with Crippen LogP contribution in [0.25, 0.3) is 0 Å². The van der Waals surface area contributed by atoms with Crippen molar-refractivity contribution in [1.29, 1.82) is 0 Å². The summed E-state index contributed by atoms with van der Waals surface area (Å²) in [5, 5.41) is 15.0. The molecule has 1 aromatic rings. The second-order valence-electron chi connectivity index (χ2n) is 5.18. The van der Waals surface area contributed by atoms with Crippen LogP contribution in [0.5, 0.6) is 0 Å². The number of rotatable bonds is 5. The molecule has 0 bridgehead atoms. The van der Waals surface area contributed by atoms with Crippen LogP contribution >= 0.6 is 0 Å². The van der Waals surface area contributed by atoms with Crippen LogP contribution in [0.15, 0.2) is 0 Å². The van der Waals surface area contributed by atoms with Gasteiger partial charge in [-0.05, 0) is 25.1 Å². The molecule has 6 nitrogen and oxygen atoms in total. The number of nitrogens with zero attached hydrogens (tertiary/aromatic N) is 4. The summed E-state index contributed by atoms with van der Waals surface area (Å²) in [7, 11) is 3.66. The van der Waals surface area contributed by atoms with E-state index in [2.05, 4.69) is 20.7 Å². The summed E-state index contributed by atoms with van der Waals surface area (Å²) in [4.78, 5) is 13.5. The molecule has 1 fully saturated rings. The Morgan fingerprint density at radius 2 is 2.11 bits per heavy atom. The van der Waals surface area contributed by atoms with Crippen molar-refractivity contribution in [2.24, 2.45) is 7.05 Å². The summed E-state index contributed by atoms with van der Waals surface area (Å²) in [5.41, 5.74) is -0.00244. The number of aromatic nitrogens is 4. The maximum atomic E-state index is 12.1. The molecule has 1 heterocycles. The second kappa shape index (κ2) is 5.56. The molecule has 0 saturated heterocycles. The molecule has 6 heteroatoms. The standard InChI is InChI=1S/C12H21N5O/c1-13-12(6-4-3-5-7-12)9-10(18)8-11-14-16-17(2)15-11/h13H,3-9H2,1-2H3. The fourth-order valence-corrected chi connectivity index (χ4v) is 2.75. The Labute approximate surface area is 107 Å². The van der Waals surface area contributed by atoms with E-state index < -0.39 is 0 Å². The SMILES string of the molecule is CNC1(CC(=O)Cc2nnn(C)n2)CCCCC1. The molecule has 0 spiro atoms. The first-order chi connectivity index (χ1) is 8.63. The average Bonchev–Trinajstić information content (AvgIpc) is 2.75. The van der Waals surface area contributed by atoms with E-state index in [1.165, 1.54) is 24.1 Å². The average molecular weight is 251 g/mol. The summed E-state index contributed by atoms with van der Waals surface area (Å²) in [6.07, 6.45) is 6.73.